The molecule has 3 N–H and O–H groups in total. The SMILES string of the molecule is CCCCCCCCCCCCCCCCCCCCCC(=O)OC(CCCCCCCCCCC)CC(=O)NC(CO)C(O)CCCCCCCCCCCCCCC. The molecule has 0 aliphatic heterocycles. The lowest BCUT2D eigenvalue weighted by atomic mass is 10.0. The van der Waals surface area contributed by atoms with Crippen molar-refractivity contribution in [3.8, 4) is 0 Å². The Balaban J connectivity index is 4.34. The first-order chi connectivity index (χ1) is 29.5. The molecular formula is C54H107NO5. The van der Waals surface area contributed by atoms with Gasteiger partial charge in [-0.1, -0.05) is 271 Å². The second kappa shape index (κ2) is 48.9. The second-order valence-corrected chi connectivity index (χ2v) is 19.0. The summed E-state index contributed by atoms with van der Waals surface area (Å²) in [5.74, 6) is -0.451. The fourth-order valence-electron chi connectivity index (χ4n) is 8.79. The molecule has 0 spiro atoms. The molecule has 1 amide bonds. The topological polar surface area (TPSA) is 95.9 Å². The van der Waals surface area contributed by atoms with E-state index in [4.69, 9.17) is 4.74 Å². The van der Waals surface area contributed by atoms with Crippen LogP contribution in [0.1, 0.15) is 310 Å². The van der Waals surface area contributed by atoms with E-state index in [-0.39, 0.29) is 24.9 Å². The summed E-state index contributed by atoms with van der Waals surface area (Å²) in [6.07, 6.45) is 53.2. The third-order valence-electron chi connectivity index (χ3n) is 12.9. The van der Waals surface area contributed by atoms with E-state index in [1.165, 1.54) is 225 Å². The van der Waals surface area contributed by atoms with Crippen LogP contribution in [0.25, 0.3) is 0 Å². The number of aliphatic hydroxyl groups is 2. The molecule has 0 aliphatic rings. The Morgan fingerprint density at radius 3 is 1.02 bits per heavy atom. The molecule has 0 rings (SSSR count). The largest absolute Gasteiger partial charge is 0.462 e. The third-order valence-corrected chi connectivity index (χ3v) is 12.9. The van der Waals surface area contributed by atoms with Crippen molar-refractivity contribution in [1.29, 1.82) is 0 Å². The number of rotatable bonds is 50. The van der Waals surface area contributed by atoms with Crippen LogP contribution in [-0.4, -0.2) is 46.9 Å². The molecule has 0 aromatic rings. The maximum absolute atomic E-state index is 13.2. The number of nitrogens with one attached hydrogen (secondary N) is 1. The normalized spacial score (nSPS) is 13.1. The zero-order valence-electron chi connectivity index (χ0n) is 40.9. The van der Waals surface area contributed by atoms with Crippen molar-refractivity contribution in [1.82, 2.24) is 5.32 Å². The molecule has 0 radical (unpaired) electrons. The maximum Gasteiger partial charge on any atom is 0.306 e. The van der Waals surface area contributed by atoms with E-state index in [0.29, 0.717) is 19.3 Å². The maximum atomic E-state index is 13.2. The lowest BCUT2D eigenvalue weighted by Crippen LogP contribution is -2.46. The first-order valence-corrected chi connectivity index (χ1v) is 27.3. The molecule has 0 fully saturated rings. The first-order valence-electron chi connectivity index (χ1n) is 27.3. The molecule has 0 bridgehead atoms. The van der Waals surface area contributed by atoms with E-state index < -0.39 is 18.2 Å². The standard InChI is InChI=1S/C54H107NO5/c1-4-7-10-13-16-19-21-23-24-25-26-27-28-30-32-35-38-41-44-47-54(59)60-50(45-42-39-36-33-18-15-12-9-6-3)48-53(58)55-51(49-56)52(57)46-43-40-37-34-31-29-22-20-17-14-11-8-5-2/h50-52,56-57H,4-49H2,1-3H3,(H,55,58). The number of carbonyl (C=O) groups excluding carboxylic acids is 2. The number of ether oxygens (including phenoxy) is 1. The number of amides is 1. The monoisotopic (exact) mass is 850 g/mol. The number of aliphatic hydroxyl groups excluding tert-OH is 2. The van der Waals surface area contributed by atoms with Gasteiger partial charge in [0.2, 0.25) is 5.91 Å². The highest BCUT2D eigenvalue weighted by molar-refractivity contribution is 5.77. The Labute approximate surface area is 375 Å². The Morgan fingerprint density at radius 1 is 0.417 bits per heavy atom. The summed E-state index contributed by atoms with van der Waals surface area (Å²) in [5, 5.41) is 23.8. The van der Waals surface area contributed by atoms with Gasteiger partial charge in [0.05, 0.1) is 25.2 Å². The highest BCUT2D eigenvalue weighted by Gasteiger charge is 2.24. The molecule has 6 nitrogen and oxygen atoms in total. The average molecular weight is 850 g/mol. The van der Waals surface area contributed by atoms with Gasteiger partial charge in [-0.05, 0) is 25.7 Å². The molecule has 60 heavy (non-hydrogen) atoms. The van der Waals surface area contributed by atoms with E-state index in [9.17, 15) is 19.8 Å². The van der Waals surface area contributed by atoms with Gasteiger partial charge in [-0.2, -0.15) is 0 Å². The molecular weight excluding hydrogens is 743 g/mol. The lowest BCUT2D eigenvalue weighted by molar-refractivity contribution is -0.151. The Kier molecular flexibility index (Phi) is 48.0. The zero-order chi connectivity index (χ0) is 43.8. The summed E-state index contributed by atoms with van der Waals surface area (Å²) in [7, 11) is 0. The highest BCUT2D eigenvalue weighted by Crippen LogP contribution is 2.19. The summed E-state index contributed by atoms with van der Waals surface area (Å²) in [6, 6.07) is -0.691. The zero-order valence-corrected chi connectivity index (χ0v) is 40.9. The van der Waals surface area contributed by atoms with Crippen LogP contribution in [0.15, 0.2) is 0 Å². The van der Waals surface area contributed by atoms with E-state index in [1.54, 1.807) is 0 Å². The number of unbranched alkanes of at least 4 members (excludes halogenated alkanes) is 38. The molecule has 3 atom stereocenters. The minimum atomic E-state index is -0.778. The third kappa shape index (κ3) is 43.5. The van der Waals surface area contributed by atoms with Crippen LogP contribution in [-0.2, 0) is 14.3 Å². The summed E-state index contributed by atoms with van der Waals surface area (Å²) < 4.78 is 5.93. The van der Waals surface area contributed by atoms with Crippen LogP contribution >= 0.6 is 0 Å². The molecule has 6 heteroatoms. The van der Waals surface area contributed by atoms with Crippen molar-refractivity contribution in [2.45, 2.75) is 328 Å². The number of hydrogen-bond acceptors (Lipinski definition) is 5. The predicted molar refractivity (Wildman–Crippen MR) is 260 cm³/mol. The fraction of sp³-hybridized carbons (Fsp3) is 0.963. The minimum absolute atomic E-state index is 0.0872. The van der Waals surface area contributed by atoms with Crippen LogP contribution in [0.5, 0.6) is 0 Å². The predicted octanol–water partition coefficient (Wildman–Crippen LogP) is 16.4. The van der Waals surface area contributed by atoms with Crippen molar-refractivity contribution in [3.63, 3.8) is 0 Å². The smallest absolute Gasteiger partial charge is 0.306 e. The van der Waals surface area contributed by atoms with Crippen molar-refractivity contribution in [3.05, 3.63) is 0 Å². The summed E-state index contributed by atoms with van der Waals surface area (Å²) in [6.45, 7) is 6.51. The van der Waals surface area contributed by atoms with E-state index in [2.05, 4.69) is 26.1 Å². The van der Waals surface area contributed by atoms with Crippen LogP contribution in [0, 0.1) is 0 Å². The second-order valence-electron chi connectivity index (χ2n) is 19.0. The molecule has 0 aromatic heterocycles. The van der Waals surface area contributed by atoms with Crippen molar-refractivity contribution in [2.75, 3.05) is 6.61 Å². The van der Waals surface area contributed by atoms with Gasteiger partial charge in [0.15, 0.2) is 0 Å². The Bertz CT molecular complexity index is 867. The summed E-state index contributed by atoms with van der Waals surface area (Å²) >= 11 is 0. The van der Waals surface area contributed by atoms with E-state index in [0.717, 1.165) is 38.5 Å². The van der Waals surface area contributed by atoms with Gasteiger partial charge in [0, 0.05) is 6.42 Å². The van der Waals surface area contributed by atoms with Gasteiger partial charge < -0.3 is 20.3 Å². The van der Waals surface area contributed by atoms with Crippen LogP contribution in [0.2, 0.25) is 0 Å². The number of esters is 1. The molecule has 358 valence electrons. The van der Waals surface area contributed by atoms with Gasteiger partial charge in [0.1, 0.15) is 6.10 Å². The molecule has 0 heterocycles. The van der Waals surface area contributed by atoms with E-state index >= 15 is 0 Å². The van der Waals surface area contributed by atoms with E-state index in [1.807, 2.05) is 0 Å². The molecule has 0 aliphatic carbocycles. The molecule has 0 saturated carbocycles. The molecule has 0 aromatic carbocycles. The number of hydrogen-bond donors (Lipinski definition) is 3. The number of carbonyl (C=O) groups is 2. The Hall–Kier alpha value is -1.14. The first kappa shape index (κ1) is 58.9. The fourth-order valence-corrected chi connectivity index (χ4v) is 8.79. The molecule has 0 saturated heterocycles. The van der Waals surface area contributed by atoms with Crippen molar-refractivity contribution < 1.29 is 24.5 Å². The summed E-state index contributed by atoms with van der Waals surface area (Å²) in [4.78, 5) is 26.1. The quantitative estimate of drug-likeness (QED) is 0.0419. The van der Waals surface area contributed by atoms with Crippen molar-refractivity contribution in [2.24, 2.45) is 0 Å². The average Bonchev–Trinajstić information content (AvgIpc) is 3.24. The van der Waals surface area contributed by atoms with Gasteiger partial charge in [-0.3, -0.25) is 9.59 Å². The highest BCUT2D eigenvalue weighted by atomic mass is 16.5. The van der Waals surface area contributed by atoms with Crippen molar-refractivity contribution >= 4 is 11.9 Å². The van der Waals surface area contributed by atoms with Crippen LogP contribution in [0.4, 0.5) is 0 Å². The lowest BCUT2D eigenvalue weighted by Gasteiger charge is -2.24. The summed E-state index contributed by atoms with van der Waals surface area (Å²) in [5.41, 5.74) is 0. The van der Waals surface area contributed by atoms with Crippen LogP contribution < -0.4 is 5.32 Å². The minimum Gasteiger partial charge on any atom is -0.462 e. The Morgan fingerprint density at radius 2 is 0.700 bits per heavy atom. The van der Waals surface area contributed by atoms with Gasteiger partial charge >= 0.3 is 5.97 Å². The molecule has 3 unspecified atom stereocenters. The van der Waals surface area contributed by atoms with Gasteiger partial charge in [0.25, 0.3) is 0 Å². The van der Waals surface area contributed by atoms with Crippen LogP contribution in [0.3, 0.4) is 0 Å². The van der Waals surface area contributed by atoms with Gasteiger partial charge in [-0.25, -0.2) is 0 Å². The van der Waals surface area contributed by atoms with Gasteiger partial charge in [-0.15, -0.1) is 0 Å².